The second-order valence-electron chi connectivity index (χ2n) is 7.88. The van der Waals surface area contributed by atoms with Crippen molar-refractivity contribution in [1.29, 1.82) is 0 Å². The Morgan fingerprint density at radius 1 is 0.900 bits per heavy atom. The lowest BCUT2D eigenvalue weighted by Gasteiger charge is -2.21. The van der Waals surface area contributed by atoms with Crippen LogP contribution in [-0.2, 0) is 19.1 Å². The molecule has 1 aromatic rings. The number of amides is 2. The summed E-state index contributed by atoms with van der Waals surface area (Å²) in [5.41, 5.74) is 1.62. The molecule has 0 spiro atoms. The van der Waals surface area contributed by atoms with Crippen LogP contribution in [0.4, 0.5) is 0 Å². The highest BCUT2D eigenvalue weighted by Gasteiger charge is 2.30. The average Bonchev–Trinajstić information content (AvgIpc) is 3.03. The minimum Gasteiger partial charge on any atom is -0.508 e. The van der Waals surface area contributed by atoms with Gasteiger partial charge in [-0.2, -0.15) is 0 Å². The van der Waals surface area contributed by atoms with Crippen molar-refractivity contribution < 1.29 is 24.2 Å². The molecule has 2 atom stereocenters. The van der Waals surface area contributed by atoms with Crippen molar-refractivity contribution in [2.24, 2.45) is 0 Å². The number of unbranched alkanes of at least 4 members (excludes halogenated alkanes) is 3. The van der Waals surface area contributed by atoms with Crippen LogP contribution in [0.3, 0.4) is 0 Å². The largest absolute Gasteiger partial charge is 0.508 e. The van der Waals surface area contributed by atoms with Crippen LogP contribution in [0.1, 0.15) is 70.3 Å². The molecule has 166 valence electrons. The molecule has 0 saturated carbocycles. The van der Waals surface area contributed by atoms with Gasteiger partial charge in [-0.3, -0.25) is 14.9 Å². The Morgan fingerprint density at radius 3 is 2.13 bits per heavy atom. The highest BCUT2D eigenvalue weighted by Crippen LogP contribution is 2.29. The Labute approximate surface area is 179 Å². The summed E-state index contributed by atoms with van der Waals surface area (Å²) in [6.07, 6.45) is 9.00. The van der Waals surface area contributed by atoms with E-state index in [0.29, 0.717) is 23.1 Å². The van der Waals surface area contributed by atoms with Crippen LogP contribution in [0.25, 0.3) is 5.57 Å². The summed E-state index contributed by atoms with van der Waals surface area (Å²) in [5.74, 6) is -0.543. The van der Waals surface area contributed by atoms with Gasteiger partial charge in [0.05, 0.1) is 17.8 Å². The number of aromatic hydroxyl groups is 1. The van der Waals surface area contributed by atoms with Crippen molar-refractivity contribution in [2.45, 2.75) is 76.9 Å². The second kappa shape index (κ2) is 12.5. The molecule has 2 amide bonds. The zero-order valence-corrected chi connectivity index (χ0v) is 18.4. The van der Waals surface area contributed by atoms with Gasteiger partial charge >= 0.3 is 0 Å². The maximum atomic E-state index is 12.2. The summed E-state index contributed by atoms with van der Waals surface area (Å²) in [7, 11) is 3.51. The lowest BCUT2D eigenvalue weighted by atomic mass is 9.96. The van der Waals surface area contributed by atoms with Crippen LogP contribution in [0.5, 0.6) is 5.75 Å². The number of benzene rings is 1. The Balaban J connectivity index is 1.85. The quantitative estimate of drug-likeness (QED) is 0.347. The lowest BCUT2D eigenvalue weighted by molar-refractivity contribution is -0.123. The topological polar surface area (TPSA) is 84.9 Å². The molecule has 1 aromatic carbocycles. The molecule has 2 rings (SSSR count). The van der Waals surface area contributed by atoms with E-state index in [9.17, 15) is 14.7 Å². The molecule has 0 radical (unpaired) electrons. The van der Waals surface area contributed by atoms with Crippen molar-refractivity contribution in [2.75, 3.05) is 14.2 Å². The predicted molar refractivity (Wildman–Crippen MR) is 117 cm³/mol. The third-order valence-corrected chi connectivity index (χ3v) is 5.71. The zero-order chi connectivity index (χ0) is 21.9. The van der Waals surface area contributed by atoms with Crippen molar-refractivity contribution in [3.8, 4) is 5.75 Å². The van der Waals surface area contributed by atoms with Gasteiger partial charge in [-0.1, -0.05) is 44.7 Å². The number of nitrogens with one attached hydrogen (secondary N) is 1. The molecule has 1 heterocycles. The number of rotatable bonds is 14. The smallest absolute Gasteiger partial charge is 0.259 e. The number of ether oxygens (including phenoxy) is 2. The van der Waals surface area contributed by atoms with Gasteiger partial charge in [0.2, 0.25) is 0 Å². The van der Waals surface area contributed by atoms with Crippen molar-refractivity contribution >= 4 is 17.4 Å². The minimum atomic E-state index is -0.363. The normalized spacial score (nSPS) is 16.1. The number of hydrogen-bond donors (Lipinski definition) is 2. The molecule has 0 aromatic heterocycles. The van der Waals surface area contributed by atoms with Gasteiger partial charge in [-0.15, -0.1) is 0 Å². The summed E-state index contributed by atoms with van der Waals surface area (Å²) in [6, 6.07) is 6.37. The number of imide groups is 1. The average molecular weight is 418 g/mol. The van der Waals surface area contributed by atoms with E-state index < -0.39 is 0 Å². The van der Waals surface area contributed by atoms with E-state index in [0.717, 1.165) is 51.4 Å². The van der Waals surface area contributed by atoms with Crippen molar-refractivity contribution in [3.63, 3.8) is 0 Å². The number of carbonyl (C=O) groups excluding carboxylic acids is 2. The van der Waals surface area contributed by atoms with Gasteiger partial charge in [0.25, 0.3) is 11.8 Å². The molecule has 0 fully saturated rings. The van der Waals surface area contributed by atoms with Gasteiger partial charge in [0, 0.05) is 19.8 Å². The maximum Gasteiger partial charge on any atom is 0.259 e. The first kappa shape index (κ1) is 24.1. The fraction of sp³-hybridized carbons (Fsp3) is 0.583. The van der Waals surface area contributed by atoms with E-state index >= 15 is 0 Å². The molecular weight excluding hydrogens is 382 g/mol. The SMILES string of the molecule is CCCCC(CC(CCCCCC1=C(c2ccc(O)cc2)C(=O)NC1=O)OC)OC. The third-order valence-electron chi connectivity index (χ3n) is 5.71. The van der Waals surface area contributed by atoms with Crippen LogP contribution < -0.4 is 5.32 Å². The minimum absolute atomic E-state index is 0.128. The van der Waals surface area contributed by atoms with E-state index in [1.807, 2.05) is 0 Å². The lowest BCUT2D eigenvalue weighted by Crippen LogP contribution is -2.23. The monoisotopic (exact) mass is 417 g/mol. The summed E-state index contributed by atoms with van der Waals surface area (Å²) in [5, 5.41) is 11.9. The fourth-order valence-corrected chi connectivity index (χ4v) is 3.90. The van der Waals surface area contributed by atoms with Gasteiger partial charge < -0.3 is 14.6 Å². The van der Waals surface area contributed by atoms with Gasteiger partial charge in [-0.25, -0.2) is 0 Å². The molecule has 2 unspecified atom stereocenters. The van der Waals surface area contributed by atoms with Crippen molar-refractivity contribution in [1.82, 2.24) is 5.32 Å². The van der Waals surface area contributed by atoms with Gasteiger partial charge in [0.15, 0.2) is 0 Å². The van der Waals surface area contributed by atoms with E-state index in [2.05, 4.69) is 12.2 Å². The first-order valence-electron chi connectivity index (χ1n) is 10.9. The molecule has 0 aliphatic carbocycles. The van der Waals surface area contributed by atoms with Crippen LogP contribution in [0.2, 0.25) is 0 Å². The highest BCUT2D eigenvalue weighted by molar-refractivity contribution is 6.35. The van der Waals surface area contributed by atoms with E-state index in [1.165, 1.54) is 12.1 Å². The second-order valence-corrected chi connectivity index (χ2v) is 7.88. The first-order chi connectivity index (χ1) is 14.5. The van der Waals surface area contributed by atoms with Gasteiger partial charge in [-0.05, 0) is 49.8 Å². The standard InChI is InChI=1S/C24H35NO5/c1-4-5-9-19(29-2)16-20(30-3)10-7-6-8-11-21-22(24(28)25-23(21)27)17-12-14-18(26)15-13-17/h12-15,19-20,26H,4-11,16H2,1-3H3,(H,25,27,28). The first-order valence-corrected chi connectivity index (χ1v) is 10.9. The molecule has 1 aliphatic heterocycles. The van der Waals surface area contributed by atoms with Crippen LogP contribution >= 0.6 is 0 Å². The Kier molecular flexibility index (Phi) is 10.0. The Morgan fingerprint density at radius 2 is 1.53 bits per heavy atom. The summed E-state index contributed by atoms with van der Waals surface area (Å²) >= 11 is 0. The van der Waals surface area contributed by atoms with E-state index in [4.69, 9.17) is 9.47 Å². The molecule has 1 aliphatic rings. The van der Waals surface area contributed by atoms with E-state index in [-0.39, 0.29) is 29.8 Å². The summed E-state index contributed by atoms with van der Waals surface area (Å²) in [6.45, 7) is 2.18. The summed E-state index contributed by atoms with van der Waals surface area (Å²) < 4.78 is 11.2. The number of carbonyl (C=O) groups is 2. The molecule has 6 nitrogen and oxygen atoms in total. The number of hydrogen-bond acceptors (Lipinski definition) is 5. The van der Waals surface area contributed by atoms with Crippen LogP contribution in [0.15, 0.2) is 29.8 Å². The number of methoxy groups -OCH3 is 2. The molecule has 0 saturated heterocycles. The predicted octanol–water partition coefficient (Wildman–Crippen LogP) is 4.36. The van der Waals surface area contributed by atoms with E-state index in [1.54, 1.807) is 26.4 Å². The third kappa shape index (κ3) is 6.96. The zero-order valence-electron chi connectivity index (χ0n) is 18.4. The summed E-state index contributed by atoms with van der Waals surface area (Å²) in [4.78, 5) is 24.4. The maximum absolute atomic E-state index is 12.2. The molecule has 30 heavy (non-hydrogen) atoms. The van der Waals surface area contributed by atoms with Crippen molar-refractivity contribution in [3.05, 3.63) is 35.4 Å². The molecule has 6 heteroatoms. The number of phenols is 1. The molecule has 2 N–H and O–H groups in total. The molecule has 0 bridgehead atoms. The highest BCUT2D eigenvalue weighted by atomic mass is 16.5. The van der Waals surface area contributed by atoms with Gasteiger partial charge in [0.1, 0.15) is 5.75 Å². The molecular formula is C24H35NO5. The van der Waals surface area contributed by atoms with Crippen LogP contribution in [-0.4, -0.2) is 43.3 Å². The van der Waals surface area contributed by atoms with Crippen LogP contribution in [0, 0.1) is 0 Å². The Hall–Kier alpha value is -2.18. The Bertz CT molecular complexity index is 726. The number of phenolic OH excluding ortho intramolecular Hbond substituents is 1. The fourth-order valence-electron chi connectivity index (χ4n) is 3.90.